The van der Waals surface area contributed by atoms with Gasteiger partial charge in [0.2, 0.25) is 0 Å². The Morgan fingerprint density at radius 3 is 2.11 bits per heavy atom. The van der Waals surface area contributed by atoms with Gasteiger partial charge in [-0.3, -0.25) is 0 Å². The molecule has 4 rings (SSSR count). The minimum absolute atomic E-state index is 0.0470. The predicted molar refractivity (Wildman–Crippen MR) is 110 cm³/mol. The van der Waals surface area contributed by atoms with Crippen molar-refractivity contribution >= 4 is 16.7 Å². The van der Waals surface area contributed by atoms with E-state index in [-0.39, 0.29) is 11.3 Å². The van der Waals surface area contributed by atoms with Gasteiger partial charge in [0.05, 0.1) is 18.1 Å². The van der Waals surface area contributed by atoms with Crippen LogP contribution in [0.2, 0.25) is 0 Å². The van der Waals surface area contributed by atoms with Gasteiger partial charge in [-0.25, -0.2) is 4.79 Å². The second-order valence-corrected chi connectivity index (χ2v) is 6.45. The molecule has 0 radical (unpaired) electrons. The lowest BCUT2D eigenvalue weighted by Gasteiger charge is -2.15. The van der Waals surface area contributed by atoms with E-state index in [1.807, 2.05) is 54.6 Å². The molecule has 0 unspecified atom stereocenters. The SMILES string of the molecule is COc1cccc2c(-c3ccc(-c4ccccc4)cc3)c(C(=O)O)cc(O)c12. The van der Waals surface area contributed by atoms with Crippen LogP contribution in [0.25, 0.3) is 33.0 Å². The van der Waals surface area contributed by atoms with Crippen LogP contribution in [0.1, 0.15) is 10.4 Å². The first-order chi connectivity index (χ1) is 13.6. The minimum Gasteiger partial charge on any atom is -0.507 e. The molecule has 28 heavy (non-hydrogen) atoms. The molecule has 4 heteroatoms. The number of rotatable bonds is 4. The number of benzene rings is 4. The number of fused-ring (bicyclic) bond motifs is 1. The molecule has 0 fully saturated rings. The Balaban J connectivity index is 1.96. The summed E-state index contributed by atoms with van der Waals surface area (Å²) in [5, 5.41) is 21.3. The molecule has 4 nitrogen and oxygen atoms in total. The lowest BCUT2D eigenvalue weighted by molar-refractivity contribution is 0.0697. The van der Waals surface area contributed by atoms with Crippen LogP contribution < -0.4 is 4.74 Å². The van der Waals surface area contributed by atoms with Crippen molar-refractivity contribution < 1.29 is 19.7 Å². The van der Waals surface area contributed by atoms with Crippen molar-refractivity contribution in [2.75, 3.05) is 7.11 Å². The first-order valence-electron chi connectivity index (χ1n) is 8.82. The number of phenols is 1. The number of aromatic carboxylic acids is 1. The normalized spacial score (nSPS) is 10.8. The van der Waals surface area contributed by atoms with Gasteiger partial charge in [0.25, 0.3) is 0 Å². The fourth-order valence-corrected chi connectivity index (χ4v) is 3.54. The Kier molecular flexibility index (Phi) is 4.45. The molecule has 0 heterocycles. The van der Waals surface area contributed by atoms with E-state index in [2.05, 4.69) is 0 Å². The quantitative estimate of drug-likeness (QED) is 0.492. The third kappa shape index (κ3) is 2.95. The summed E-state index contributed by atoms with van der Waals surface area (Å²) in [5.74, 6) is -0.717. The van der Waals surface area contributed by atoms with Gasteiger partial charge in [-0.2, -0.15) is 0 Å². The van der Waals surface area contributed by atoms with E-state index in [9.17, 15) is 15.0 Å². The van der Waals surface area contributed by atoms with Gasteiger partial charge in [0.1, 0.15) is 11.5 Å². The van der Waals surface area contributed by atoms with Gasteiger partial charge in [-0.15, -0.1) is 0 Å². The largest absolute Gasteiger partial charge is 0.507 e. The molecule has 0 amide bonds. The summed E-state index contributed by atoms with van der Waals surface area (Å²) in [6.07, 6.45) is 0. The van der Waals surface area contributed by atoms with E-state index in [1.165, 1.54) is 13.2 Å². The molecule has 0 aliphatic heterocycles. The van der Waals surface area contributed by atoms with Gasteiger partial charge in [0, 0.05) is 5.56 Å². The number of hydrogen-bond donors (Lipinski definition) is 2. The average Bonchev–Trinajstić information content (AvgIpc) is 2.74. The van der Waals surface area contributed by atoms with Crippen molar-refractivity contribution in [1.29, 1.82) is 0 Å². The van der Waals surface area contributed by atoms with Crippen LogP contribution >= 0.6 is 0 Å². The molecule has 2 N–H and O–H groups in total. The molecule has 0 aromatic heterocycles. The molecule has 138 valence electrons. The van der Waals surface area contributed by atoms with Crippen LogP contribution in [-0.2, 0) is 0 Å². The van der Waals surface area contributed by atoms with Crippen molar-refractivity contribution in [2.24, 2.45) is 0 Å². The van der Waals surface area contributed by atoms with Gasteiger partial charge in [-0.05, 0) is 34.2 Å². The lowest BCUT2D eigenvalue weighted by Crippen LogP contribution is -2.01. The highest BCUT2D eigenvalue weighted by molar-refractivity contribution is 6.11. The Morgan fingerprint density at radius 1 is 0.821 bits per heavy atom. The first-order valence-corrected chi connectivity index (χ1v) is 8.82. The first kappa shape index (κ1) is 17.6. The number of carboxylic acid groups (broad SMARTS) is 1. The summed E-state index contributed by atoms with van der Waals surface area (Å²) < 4.78 is 5.37. The van der Waals surface area contributed by atoms with Crippen molar-refractivity contribution in [3.8, 4) is 33.8 Å². The molecule has 4 aromatic rings. The molecule has 0 saturated carbocycles. The summed E-state index contributed by atoms with van der Waals surface area (Å²) >= 11 is 0. The topological polar surface area (TPSA) is 66.8 Å². The molecule has 0 bridgehead atoms. The highest BCUT2D eigenvalue weighted by atomic mass is 16.5. The standard InChI is InChI=1S/C24H18O4/c1-28-21-9-5-8-18-22(19(24(26)27)14-20(25)23(18)21)17-12-10-16(11-13-17)15-6-3-2-4-7-15/h2-14,25H,1H3,(H,26,27). The Labute approximate surface area is 162 Å². The van der Waals surface area contributed by atoms with Gasteiger partial charge in [-0.1, -0.05) is 66.7 Å². The Hall–Kier alpha value is -3.79. The van der Waals surface area contributed by atoms with Crippen molar-refractivity contribution in [2.45, 2.75) is 0 Å². The van der Waals surface area contributed by atoms with E-state index < -0.39 is 5.97 Å². The number of carbonyl (C=O) groups is 1. The monoisotopic (exact) mass is 370 g/mol. The fourth-order valence-electron chi connectivity index (χ4n) is 3.54. The molecule has 0 aliphatic carbocycles. The molecule has 0 aliphatic rings. The van der Waals surface area contributed by atoms with Gasteiger partial charge >= 0.3 is 5.97 Å². The van der Waals surface area contributed by atoms with Crippen LogP contribution in [0.15, 0.2) is 78.9 Å². The van der Waals surface area contributed by atoms with Gasteiger partial charge in [0.15, 0.2) is 0 Å². The average molecular weight is 370 g/mol. The fraction of sp³-hybridized carbons (Fsp3) is 0.0417. The van der Waals surface area contributed by atoms with Crippen LogP contribution in [0, 0.1) is 0 Å². The summed E-state index contributed by atoms with van der Waals surface area (Å²) in [7, 11) is 1.52. The Bertz CT molecular complexity index is 1160. The molecular formula is C24H18O4. The van der Waals surface area contributed by atoms with E-state index in [0.29, 0.717) is 22.1 Å². The van der Waals surface area contributed by atoms with Crippen LogP contribution in [-0.4, -0.2) is 23.3 Å². The maximum Gasteiger partial charge on any atom is 0.336 e. The Morgan fingerprint density at radius 2 is 1.46 bits per heavy atom. The second kappa shape index (κ2) is 7.08. The van der Waals surface area contributed by atoms with Crippen LogP contribution in [0.4, 0.5) is 0 Å². The molecular weight excluding hydrogens is 352 g/mol. The molecule has 0 atom stereocenters. The maximum atomic E-state index is 11.9. The smallest absolute Gasteiger partial charge is 0.336 e. The zero-order chi connectivity index (χ0) is 19.7. The number of aromatic hydroxyl groups is 1. The number of methoxy groups -OCH3 is 1. The summed E-state index contributed by atoms with van der Waals surface area (Å²) in [5.41, 5.74) is 3.49. The second-order valence-electron chi connectivity index (χ2n) is 6.45. The van der Waals surface area contributed by atoms with E-state index in [4.69, 9.17) is 4.74 Å². The van der Waals surface area contributed by atoms with Crippen LogP contribution in [0.5, 0.6) is 11.5 Å². The van der Waals surface area contributed by atoms with E-state index >= 15 is 0 Å². The lowest BCUT2D eigenvalue weighted by atomic mass is 9.91. The summed E-state index contributed by atoms with van der Waals surface area (Å²) in [4.78, 5) is 11.9. The highest BCUT2D eigenvalue weighted by Gasteiger charge is 2.20. The summed E-state index contributed by atoms with van der Waals surface area (Å²) in [6.45, 7) is 0. The number of carboxylic acids is 1. The number of ether oxygens (including phenoxy) is 1. The van der Waals surface area contributed by atoms with Crippen LogP contribution in [0.3, 0.4) is 0 Å². The molecule has 0 spiro atoms. The maximum absolute atomic E-state index is 11.9. The third-order valence-corrected chi connectivity index (χ3v) is 4.83. The predicted octanol–water partition coefficient (Wildman–Crippen LogP) is 5.59. The zero-order valence-corrected chi connectivity index (χ0v) is 15.2. The number of phenolic OH excluding ortho intramolecular Hbond substituents is 1. The minimum atomic E-state index is -1.10. The summed E-state index contributed by atoms with van der Waals surface area (Å²) in [6, 6.07) is 24.3. The van der Waals surface area contributed by atoms with Gasteiger partial charge < -0.3 is 14.9 Å². The highest BCUT2D eigenvalue weighted by Crippen LogP contribution is 2.42. The molecule has 4 aromatic carbocycles. The molecule has 0 saturated heterocycles. The number of hydrogen-bond acceptors (Lipinski definition) is 3. The van der Waals surface area contributed by atoms with Crippen molar-refractivity contribution in [1.82, 2.24) is 0 Å². The van der Waals surface area contributed by atoms with Crippen molar-refractivity contribution in [3.63, 3.8) is 0 Å². The van der Waals surface area contributed by atoms with E-state index in [0.717, 1.165) is 16.7 Å². The van der Waals surface area contributed by atoms with Crippen molar-refractivity contribution in [3.05, 3.63) is 84.4 Å². The van der Waals surface area contributed by atoms with E-state index in [1.54, 1.807) is 18.2 Å². The third-order valence-electron chi connectivity index (χ3n) is 4.83. The zero-order valence-electron chi connectivity index (χ0n) is 15.2.